The van der Waals surface area contributed by atoms with Gasteiger partial charge in [-0.1, -0.05) is 42.5 Å². The second-order valence-corrected chi connectivity index (χ2v) is 5.47. The quantitative estimate of drug-likeness (QED) is 0.503. The van der Waals surface area contributed by atoms with E-state index < -0.39 is 0 Å². The maximum atomic E-state index is 5.85. The Balaban J connectivity index is 1.67. The molecule has 0 saturated heterocycles. The molecule has 0 spiro atoms. The van der Waals surface area contributed by atoms with Crippen molar-refractivity contribution >= 4 is 22.7 Å². The predicted octanol–water partition coefficient (Wildman–Crippen LogP) is 3.21. The van der Waals surface area contributed by atoms with Gasteiger partial charge in [0.2, 0.25) is 0 Å². The molecule has 4 aromatic rings. The summed E-state index contributed by atoms with van der Waals surface area (Å²) in [6.07, 6.45) is 1.51. The summed E-state index contributed by atoms with van der Waals surface area (Å²) in [4.78, 5) is 16.4. The van der Waals surface area contributed by atoms with Crippen LogP contribution in [0.1, 0.15) is 5.56 Å². The lowest BCUT2D eigenvalue weighted by molar-refractivity contribution is 1.10. The van der Waals surface area contributed by atoms with E-state index in [1.165, 1.54) is 11.9 Å². The first kappa shape index (κ1) is 14.2. The van der Waals surface area contributed by atoms with Gasteiger partial charge in [0.25, 0.3) is 0 Å². The van der Waals surface area contributed by atoms with Gasteiger partial charge < -0.3 is 16.0 Å². The van der Waals surface area contributed by atoms with E-state index in [9.17, 15) is 0 Å². The van der Waals surface area contributed by atoms with Gasteiger partial charge in [0, 0.05) is 17.8 Å². The number of benzene rings is 2. The third kappa shape index (κ3) is 2.77. The second-order valence-electron chi connectivity index (χ2n) is 5.47. The van der Waals surface area contributed by atoms with Crippen LogP contribution in [0.15, 0.2) is 60.9 Å². The Hall–Kier alpha value is -3.41. The van der Waals surface area contributed by atoms with Crippen LogP contribution in [0.4, 0.5) is 11.5 Å². The number of H-pyrrole nitrogens is 1. The summed E-state index contributed by atoms with van der Waals surface area (Å²) < 4.78 is 0. The standard InChI is InChI=1S/C18H16N6/c19-14-8-4-7-13(9-14)16-23-15-17(21-11-22-18(15)24-16)20-10-12-5-2-1-3-6-12/h1-9,11H,10,19H2,(H2,20,21,22,23,24). The van der Waals surface area contributed by atoms with Crippen molar-refractivity contribution in [3.63, 3.8) is 0 Å². The van der Waals surface area contributed by atoms with Crippen LogP contribution in [0.3, 0.4) is 0 Å². The smallest absolute Gasteiger partial charge is 0.183 e. The molecule has 6 nitrogen and oxygen atoms in total. The minimum absolute atomic E-state index is 0.623. The van der Waals surface area contributed by atoms with E-state index in [4.69, 9.17) is 5.73 Å². The summed E-state index contributed by atoms with van der Waals surface area (Å²) in [7, 11) is 0. The Bertz CT molecular complexity index is 977. The highest BCUT2D eigenvalue weighted by atomic mass is 15.1. The van der Waals surface area contributed by atoms with Gasteiger partial charge in [0.15, 0.2) is 11.5 Å². The number of fused-ring (bicyclic) bond motifs is 1. The summed E-state index contributed by atoms with van der Waals surface area (Å²) in [6, 6.07) is 17.7. The van der Waals surface area contributed by atoms with Crippen molar-refractivity contribution in [1.29, 1.82) is 0 Å². The SMILES string of the molecule is Nc1cccc(-c2nc3ncnc(NCc4ccccc4)c3[nH]2)c1. The van der Waals surface area contributed by atoms with E-state index in [2.05, 4.69) is 37.4 Å². The number of hydrogen-bond acceptors (Lipinski definition) is 5. The maximum absolute atomic E-state index is 5.85. The molecule has 0 aliphatic rings. The van der Waals surface area contributed by atoms with E-state index in [1.807, 2.05) is 42.5 Å². The number of nitrogens with two attached hydrogens (primary N) is 1. The maximum Gasteiger partial charge on any atom is 0.183 e. The van der Waals surface area contributed by atoms with Crippen LogP contribution < -0.4 is 11.1 Å². The summed E-state index contributed by atoms with van der Waals surface area (Å²) in [6.45, 7) is 0.680. The zero-order chi connectivity index (χ0) is 16.4. The molecular formula is C18H16N6. The second kappa shape index (κ2) is 6.00. The minimum Gasteiger partial charge on any atom is -0.399 e. The first-order chi connectivity index (χ1) is 11.8. The molecule has 0 fully saturated rings. The number of imidazole rings is 1. The molecule has 118 valence electrons. The minimum atomic E-state index is 0.623. The van der Waals surface area contributed by atoms with Crippen LogP contribution in [0, 0.1) is 0 Å². The van der Waals surface area contributed by atoms with Crippen LogP contribution >= 0.6 is 0 Å². The van der Waals surface area contributed by atoms with Gasteiger partial charge in [-0.3, -0.25) is 0 Å². The fourth-order valence-electron chi connectivity index (χ4n) is 2.57. The molecule has 0 atom stereocenters. The molecule has 0 radical (unpaired) electrons. The topological polar surface area (TPSA) is 92.5 Å². The van der Waals surface area contributed by atoms with E-state index in [0.717, 1.165) is 22.7 Å². The third-order valence-electron chi connectivity index (χ3n) is 3.75. The molecule has 0 amide bonds. The van der Waals surface area contributed by atoms with Crippen molar-refractivity contribution in [3.8, 4) is 11.4 Å². The van der Waals surface area contributed by atoms with E-state index in [-0.39, 0.29) is 0 Å². The summed E-state index contributed by atoms with van der Waals surface area (Å²) in [5.41, 5.74) is 10.1. The van der Waals surface area contributed by atoms with Gasteiger partial charge >= 0.3 is 0 Å². The average Bonchev–Trinajstić information content (AvgIpc) is 3.06. The molecule has 24 heavy (non-hydrogen) atoms. The zero-order valence-corrected chi connectivity index (χ0v) is 12.9. The van der Waals surface area contributed by atoms with Crippen molar-refractivity contribution in [2.24, 2.45) is 0 Å². The Morgan fingerprint density at radius 3 is 2.71 bits per heavy atom. The summed E-state index contributed by atoms with van der Waals surface area (Å²) in [5, 5.41) is 3.33. The Morgan fingerprint density at radius 1 is 1.00 bits per heavy atom. The average molecular weight is 316 g/mol. The monoisotopic (exact) mass is 316 g/mol. The first-order valence-corrected chi connectivity index (χ1v) is 7.64. The number of nitrogens with one attached hydrogen (secondary N) is 2. The molecule has 4 rings (SSSR count). The molecule has 2 aromatic heterocycles. The molecule has 6 heteroatoms. The van der Waals surface area contributed by atoms with Crippen molar-refractivity contribution in [2.45, 2.75) is 6.54 Å². The molecule has 0 unspecified atom stereocenters. The van der Waals surface area contributed by atoms with Crippen molar-refractivity contribution in [2.75, 3.05) is 11.1 Å². The Kier molecular flexibility index (Phi) is 3.55. The summed E-state index contributed by atoms with van der Waals surface area (Å²) >= 11 is 0. The van der Waals surface area contributed by atoms with Gasteiger partial charge in [0.1, 0.15) is 17.7 Å². The number of nitrogen functional groups attached to an aromatic ring is 1. The third-order valence-corrected chi connectivity index (χ3v) is 3.75. The fourth-order valence-corrected chi connectivity index (χ4v) is 2.57. The van der Waals surface area contributed by atoms with Crippen LogP contribution in [0.5, 0.6) is 0 Å². The highest BCUT2D eigenvalue weighted by molar-refractivity contribution is 5.85. The molecule has 0 bridgehead atoms. The van der Waals surface area contributed by atoms with Crippen molar-refractivity contribution in [3.05, 3.63) is 66.5 Å². The van der Waals surface area contributed by atoms with Gasteiger partial charge in [0.05, 0.1) is 0 Å². The molecule has 0 aliphatic carbocycles. The van der Waals surface area contributed by atoms with Gasteiger partial charge in [-0.15, -0.1) is 0 Å². The lowest BCUT2D eigenvalue weighted by atomic mass is 10.2. The number of nitrogens with zero attached hydrogens (tertiary/aromatic N) is 3. The zero-order valence-electron chi connectivity index (χ0n) is 12.9. The van der Waals surface area contributed by atoms with Crippen LogP contribution in [-0.2, 0) is 6.54 Å². The van der Waals surface area contributed by atoms with Gasteiger partial charge in [-0.25, -0.2) is 15.0 Å². The summed E-state index contributed by atoms with van der Waals surface area (Å²) in [5.74, 6) is 1.45. The lowest BCUT2D eigenvalue weighted by Gasteiger charge is -2.05. The Labute approximate surface area is 138 Å². The van der Waals surface area contributed by atoms with E-state index in [0.29, 0.717) is 17.9 Å². The molecule has 2 aromatic carbocycles. The highest BCUT2D eigenvalue weighted by Gasteiger charge is 2.11. The molecule has 0 saturated carbocycles. The fraction of sp³-hybridized carbons (Fsp3) is 0.0556. The van der Waals surface area contributed by atoms with Crippen molar-refractivity contribution in [1.82, 2.24) is 19.9 Å². The van der Waals surface area contributed by atoms with Crippen LogP contribution in [0.25, 0.3) is 22.6 Å². The lowest BCUT2D eigenvalue weighted by Crippen LogP contribution is -2.02. The molecular weight excluding hydrogens is 300 g/mol. The van der Waals surface area contributed by atoms with Gasteiger partial charge in [-0.05, 0) is 17.7 Å². The van der Waals surface area contributed by atoms with E-state index >= 15 is 0 Å². The number of aromatic nitrogens is 4. The van der Waals surface area contributed by atoms with Crippen LogP contribution in [-0.4, -0.2) is 19.9 Å². The number of hydrogen-bond donors (Lipinski definition) is 3. The van der Waals surface area contributed by atoms with E-state index in [1.54, 1.807) is 0 Å². The van der Waals surface area contributed by atoms with Crippen LogP contribution in [0.2, 0.25) is 0 Å². The number of aromatic amines is 1. The molecule has 4 N–H and O–H groups in total. The predicted molar refractivity (Wildman–Crippen MR) is 95.3 cm³/mol. The normalized spacial score (nSPS) is 10.8. The molecule has 0 aliphatic heterocycles. The Morgan fingerprint density at radius 2 is 1.88 bits per heavy atom. The van der Waals surface area contributed by atoms with Crippen molar-refractivity contribution < 1.29 is 0 Å². The highest BCUT2D eigenvalue weighted by Crippen LogP contribution is 2.24. The van der Waals surface area contributed by atoms with Gasteiger partial charge in [-0.2, -0.15) is 0 Å². The number of anilines is 2. The first-order valence-electron chi connectivity index (χ1n) is 7.64. The molecule has 2 heterocycles. The largest absolute Gasteiger partial charge is 0.399 e. The number of rotatable bonds is 4.